The van der Waals surface area contributed by atoms with Crippen molar-refractivity contribution in [3.05, 3.63) is 84.2 Å². The van der Waals surface area contributed by atoms with Crippen molar-refractivity contribution in [3.63, 3.8) is 0 Å². The molecule has 4 heterocycles. The molecule has 3 nitrogen and oxygen atoms in total. The third-order valence-electron chi connectivity index (χ3n) is 5.64. The molecule has 0 amide bonds. The second-order valence-corrected chi connectivity index (χ2v) is 7.70. The highest BCUT2D eigenvalue weighted by molar-refractivity contribution is 5.93. The van der Waals surface area contributed by atoms with Crippen molar-refractivity contribution in [2.24, 2.45) is 5.92 Å². The Hall–Kier alpha value is -3.14. The number of pyridine rings is 1. The highest BCUT2D eigenvalue weighted by Gasteiger charge is 2.26. The molecule has 28 heavy (non-hydrogen) atoms. The molecule has 3 aromatic rings. The van der Waals surface area contributed by atoms with Crippen LogP contribution in [0, 0.1) is 11.7 Å². The molecule has 140 valence electrons. The minimum Gasteiger partial charge on any atom is -0.371 e. The lowest BCUT2D eigenvalue weighted by Gasteiger charge is -2.23. The number of H-pyrrole nitrogens is 1. The zero-order valence-corrected chi connectivity index (χ0v) is 15.8. The Morgan fingerprint density at radius 3 is 2.64 bits per heavy atom. The first-order chi connectivity index (χ1) is 13.7. The van der Waals surface area contributed by atoms with E-state index in [4.69, 9.17) is 0 Å². The summed E-state index contributed by atoms with van der Waals surface area (Å²) in [5, 5.41) is 0. The highest BCUT2D eigenvalue weighted by Crippen LogP contribution is 2.40. The first-order valence-corrected chi connectivity index (χ1v) is 9.73. The molecule has 2 aliphatic rings. The van der Waals surface area contributed by atoms with Gasteiger partial charge in [0.15, 0.2) is 0 Å². The summed E-state index contributed by atoms with van der Waals surface area (Å²) in [6, 6.07) is 10.7. The molecule has 1 atom stereocenters. The van der Waals surface area contributed by atoms with E-state index in [1.165, 1.54) is 29.0 Å². The van der Waals surface area contributed by atoms with Gasteiger partial charge >= 0.3 is 0 Å². The van der Waals surface area contributed by atoms with Gasteiger partial charge in [-0.3, -0.25) is 4.98 Å². The van der Waals surface area contributed by atoms with E-state index in [1.807, 2.05) is 36.7 Å². The molecule has 2 aromatic heterocycles. The zero-order chi connectivity index (χ0) is 19.1. The summed E-state index contributed by atoms with van der Waals surface area (Å²) in [4.78, 5) is 10.1. The van der Waals surface area contributed by atoms with Crippen LogP contribution in [0.5, 0.6) is 0 Å². The lowest BCUT2D eigenvalue weighted by molar-refractivity contribution is 0.406. The average Bonchev–Trinajstić information content (AvgIpc) is 3.31. The van der Waals surface area contributed by atoms with Crippen molar-refractivity contribution in [1.29, 1.82) is 0 Å². The minimum absolute atomic E-state index is 0.226. The summed E-state index contributed by atoms with van der Waals surface area (Å²) in [5.74, 6) is 0.482. The predicted molar refractivity (Wildman–Crippen MR) is 111 cm³/mol. The van der Waals surface area contributed by atoms with Crippen molar-refractivity contribution >= 4 is 5.57 Å². The quantitative estimate of drug-likeness (QED) is 0.659. The molecule has 1 saturated heterocycles. The molecular formula is C24H22FN3. The third-order valence-corrected chi connectivity index (χ3v) is 5.64. The van der Waals surface area contributed by atoms with Gasteiger partial charge < -0.3 is 9.88 Å². The fourth-order valence-electron chi connectivity index (χ4n) is 4.33. The summed E-state index contributed by atoms with van der Waals surface area (Å²) >= 11 is 0. The van der Waals surface area contributed by atoms with Crippen LogP contribution in [0.4, 0.5) is 4.39 Å². The third kappa shape index (κ3) is 2.95. The van der Waals surface area contributed by atoms with Crippen molar-refractivity contribution < 1.29 is 4.39 Å². The first-order valence-electron chi connectivity index (χ1n) is 9.73. The largest absolute Gasteiger partial charge is 0.371 e. The summed E-state index contributed by atoms with van der Waals surface area (Å²) < 4.78 is 13.4. The number of hydrogen-bond acceptors (Lipinski definition) is 2. The van der Waals surface area contributed by atoms with Gasteiger partial charge in [0.25, 0.3) is 0 Å². The van der Waals surface area contributed by atoms with Gasteiger partial charge in [0.1, 0.15) is 5.82 Å². The smallest absolute Gasteiger partial charge is 0.123 e. The standard InChI is InChI=1S/C24H22FN3/c1-16-12-21-13-19(8-11-28(21)15-16)22-14-27-24(18-2-4-20(25)5-3-18)23(22)17-6-9-26-10-7-17/h2-10,13-14,16,27H,11-12,15H2,1H3. The van der Waals surface area contributed by atoms with Crippen LogP contribution >= 0.6 is 0 Å². The summed E-state index contributed by atoms with van der Waals surface area (Å²) in [5.41, 5.74) is 8.07. The number of benzene rings is 1. The number of rotatable bonds is 3. The fraction of sp³-hybridized carbons (Fsp3) is 0.208. The first kappa shape index (κ1) is 17.0. The van der Waals surface area contributed by atoms with E-state index in [9.17, 15) is 4.39 Å². The van der Waals surface area contributed by atoms with E-state index < -0.39 is 0 Å². The molecule has 1 aromatic carbocycles. The summed E-state index contributed by atoms with van der Waals surface area (Å²) in [6.45, 7) is 4.41. The van der Waals surface area contributed by atoms with E-state index in [1.54, 1.807) is 0 Å². The normalized spacial score (nSPS) is 18.6. The Morgan fingerprint density at radius 2 is 1.86 bits per heavy atom. The van der Waals surface area contributed by atoms with E-state index in [2.05, 4.69) is 40.1 Å². The Labute approximate surface area is 164 Å². The molecule has 0 radical (unpaired) electrons. The van der Waals surface area contributed by atoms with Crippen LogP contribution < -0.4 is 0 Å². The summed E-state index contributed by atoms with van der Waals surface area (Å²) in [7, 11) is 0. The topological polar surface area (TPSA) is 31.9 Å². The number of aromatic amines is 1. The van der Waals surface area contributed by atoms with Gasteiger partial charge in [-0.25, -0.2) is 4.39 Å². The number of aromatic nitrogens is 2. The van der Waals surface area contributed by atoms with Crippen LogP contribution in [0.3, 0.4) is 0 Å². The minimum atomic E-state index is -0.226. The molecular weight excluding hydrogens is 349 g/mol. The SMILES string of the molecule is CC1CC2=CC(c3c[nH]c(-c4ccc(F)cc4)c3-c3ccncc3)=CCN2C1. The van der Waals surface area contributed by atoms with Gasteiger partial charge in [0.2, 0.25) is 0 Å². The predicted octanol–water partition coefficient (Wildman–Crippen LogP) is 5.51. The molecule has 1 N–H and O–H groups in total. The van der Waals surface area contributed by atoms with E-state index >= 15 is 0 Å². The number of allylic oxidation sites excluding steroid dienone is 3. The fourth-order valence-corrected chi connectivity index (χ4v) is 4.33. The highest BCUT2D eigenvalue weighted by atomic mass is 19.1. The van der Waals surface area contributed by atoms with Crippen LogP contribution in [0.15, 0.2) is 72.8 Å². The monoisotopic (exact) mass is 371 g/mol. The molecule has 5 rings (SSSR count). The molecule has 0 saturated carbocycles. The number of nitrogens with zero attached hydrogens (tertiary/aromatic N) is 2. The lowest BCUT2D eigenvalue weighted by Crippen LogP contribution is -2.21. The molecule has 2 aliphatic heterocycles. The number of hydrogen-bond donors (Lipinski definition) is 1. The van der Waals surface area contributed by atoms with Gasteiger partial charge in [-0.1, -0.05) is 13.0 Å². The molecule has 0 spiro atoms. The maximum absolute atomic E-state index is 13.4. The Morgan fingerprint density at radius 1 is 1.07 bits per heavy atom. The van der Waals surface area contributed by atoms with Crippen molar-refractivity contribution in [2.45, 2.75) is 13.3 Å². The van der Waals surface area contributed by atoms with Crippen LogP contribution in [0.25, 0.3) is 28.0 Å². The molecule has 1 unspecified atom stereocenters. The van der Waals surface area contributed by atoms with Gasteiger partial charge in [0, 0.05) is 48.5 Å². The molecule has 1 fully saturated rings. The van der Waals surface area contributed by atoms with Gasteiger partial charge in [-0.05, 0) is 71.5 Å². The Kier molecular flexibility index (Phi) is 4.12. The van der Waals surface area contributed by atoms with Crippen molar-refractivity contribution in [3.8, 4) is 22.4 Å². The van der Waals surface area contributed by atoms with Gasteiger partial charge in [0.05, 0.1) is 5.69 Å². The molecule has 0 aliphatic carbocycles. The Bertz CT molecular complexity index is 1060. The van der Waals surface area contributed by atoms with E-state index in [0.717, 1.165) is 41.9 Å². The van der Waals surface area contributed by atoms with Crippen LogP contribution in [0.1, 0.15) is 18.9 Å². The Balaban J connectivity index is 1.64. The second kappa shape index (κ2) is 6.79. The van der Waals surface area contributed by atoms with Gasteiger partial charge in [-0.15, -0.1) is 0 Å². The maximum Gasteiger partial charge on any atom is 0.123 e. The lowest BCUT2D eigenvalue weighted by atomic mass is 9.93. The molecule has 4 heteroatoms. The summed E-state index contributed by atoms with van der Waals surface area (Å²) in [6.07, 6.45) is 11.5. The second-order valence-electron chi connectivity index (χ2n) is 7.70. The van der Waals surface area contributed by atoms with Crippen LogP contribution in [-0.2, 0) is 0 Å². The van der Waals surface area contributed by atoms with Crippen LogP contribution in [0.2, 0.25) is 0 Å². The van der Waals surface area contributed by atoms with E-state index in [0.29, 0.717) is 5.92 Å². The van der Waals surface area contributed by atoms with E-state index in [-0.39, 0.29) is 5.82 Å². The van der Waals surface area contributed by atoms with Gasteiger partial charge in [-0.2, -0.15) is 0 Å². The number of fused-ring (bicyclic) bond motifs is 1. The molecule has 0 bridgehead atoms. The average molecular weight is 371 g/mol. The zero-order valence-electron chi connectivity index (χ0n) is 15.8. The van der Waals surface area contributed by atoms with Crippen molar-refractivity contribution in [1.82, 2.24) is 14.9 Å². The van der Waals surface area contributed by atoms with Crippen molar-refractivity contribution in [2.75, 3.05) is 13.1 Å². The number of halogens is 1. The maximum atomic E-state index is 13.4. The number of nitrogens with one attached hydrogen (secondary N) is 1. The van der Waals surface area contributed by atoms with Crippen LogP contribution in [-0.4, -0.2) is 28.0 Å².